The molecule has 4 nitrogen and oxygen atoms in total. The zero-order chi connectivity index (χ0) is 23.1. The predicted molar refractivity (Wildman–Crippen MR) is 121 cm³/mol. The third-order valence-corrected chi connectivity index (χ3v) is 5.99. The van der Waals surface area contributed by atoms with Gasteiger partial charge in [-0.1, -0.05) is 45.9 Å². The highest BCUT2D eigenvalue weighted by atomic mass is 19.4. The quantitative estimate of drug-likeness (QED) is 0.442. The molecule has 0 spiro atoms. The maximum atomic E-state index is 12.7. The zero-order valence-electron chi connectivity index (χ0n) is 19.0. The van der Waals surface area contributed by atoms with Gasteiger partial charge in [0.15, 0.2) is 6.61 Å². The third kappa shape index (κ3) is 5.19. The molecule has 1 heterocycles. The molecule has 0 unspecified atom stereocenters. The van der Waals surface area contributed by atoms with E-state index in [-0.39, 0.29) is 22.6 Å². The van der Waals surface area contributed by atoms with Crippen molar-refractivity contribution < 1.29 is 17.9 Å². The minimum absolute atomic E-state index is 0.136. The lowest BCUT2D eigenvalue weighted by atomic mass is 9.63. The van der Waals surface area contributed by atoms with Crippen LogP contribution in [0.5, 0.6) is 5.75 Å². The third-order valence-electron chi connectivity index (χ3n) is 5.99. The lowest BCUT2D eigenvalue weighted by molar-refractivity contribution is -0.153. The first-order valence-electron chi connectivity index (χ1n) is 10.9. The highest BCUT2D eigenvalue weighted by Gasteiger charge is 2.40. The first-order valence-corrected chi connectivity index (χ1v) is 10.9. The minimum Gasteiger partial charge on any atom is -0.484 e. The summed E-state index contributed by atoms with van der Waals surface area (Å²) in [6.07, 6.45) is -1.35. The molecule has 0 radical (unpaired) electrons. The standard InChI is InChI=1S/C25H30F3N3O/c1-23(2)13-18(14-24(3,4)15-23)31-21-12-19(32-16-25(26,27)28)10-11-20(21)30-22(31)29-17-8-6-5-7-9-17/h5-12,18H,13-16H2,1-4H3,(H,29,30). The molecule has 4 rings (SSSR count). The number of alkyl halides is 3. The van der Waals surface area contributed by atoms with Crippen molar-refractivity contribution >= 4 is 22.7 Å². The number of aromatic nitrogens is 2. The van der Waals surface area contributed by atoms with Crippen molar-refractivity contribution in [3.8, 4) is 5.75 Å². The van der Waals surface area contributed by atoms with Gasteiger partial charge in [0.2, 0.25) is 5.95 Å². The van der Waals surface area contributed by atoms with Crippen LogP contribution < -0.4 is 10.1 Å². The topological polar surface area (TPSA) is 39.1 Å². The molecule has 0 bridgehead atoms. The smallest absolute Gasteiger partial charge is 0.422 e. The summed E-state index contributed by atoms with van der Waals surface area (Å²) in [7, 11) is 0. The van der Waals surface area contributed by atoms with Gasteiger partial charge in [0.25, 0.3) is 0 Å². The summed E-state index contributed by atoms with van der Waals surface area (Å²) in [5.41, 5.74) is 2.69. The van der Waals surface area contributed by atoms with E-state index >= 15 is 0 Å². The molecule has 172 valence electrons. The van der Waals surface area contributed by atoms with Gasteiger partial charge in [-0.15, -0.1) is 0 Å². The van der Waals surface area contributed by atoms with Crippen LogP contribution in [0.2, 0.25) is 0 Å². The van der Waals surface area contributed by atoms with E-state index < -0.39 is 12.8 Å². The second-order valence-electron chi connectivity index (χ2n) is 10.4. The summed E-state index contributed by atoms with van der Waals surface area (Å²) >= 11 is 0. The highest BCUT2D eigenvalue weighted by Crippen LogP contribution is 2.51. The van der Waals surface area contributed by atoms with Crippen molar-refractivity contribution in [1.29, 1.82) is 0 Å². The van der Waals surface area contributed by atoms with E-state index in [4.69, 9.17) is 9.72 Å². The highest BCUT2D eigenvalue weighted by molar-refractivity contribution is 5.81. The van der Waals surface area contributed by atoms with E-state index in [0.29, 0.717) is 5.95 Å². The maximum Gasteiger partial charge on any atom is 0.422 e. The second-order valence-corrected chi connectivity index (χ2v) is 10.4. The van der Waals surface area contributed by atoms with Crippen molar-refractivity contribution in [1.82, 2.24) is 9.55 Å². The molecule has 32 heavy (non-hydrogen) atoms. The summed E-state index contributed by atoms with van der Waals surface area (Å²) in [6.45, 7) is 7.81. The van der Waals surface area contributed by atoms with E-state index in [1.165, 1.54) is 0 Å². The zero-order valence-corrected chi connectivity index (χ0v) is 19.0. The lowest BCUT2D eigenvalue weighted by Gasteiger charge is -2.45. The van der Waals surface area contributed by atoms with Crippen LogP contribution in [-0.4, -0.2) is 22.3 Å². The van der Waals surface area contributed by atoms with E-state index in [1.54, 1.807) is 18.2 Å². The molecule has 0 saturated heterocycles. The van der Waals surface area contributed by atoms with Crippen LogP contribution in [0.25, 0.3) is 11.0 Å². The normalized spacial score (nSPS) is 18.6. The molecule has 1 aliphatic carbocycles. The number of imidazole rings is 1. The lowest BCUT2D eigenvalue weighted by Crippen LogP contribution is -2.35. The molecule has 7 heteroatoms. The van der Waals surface area contributed by atoms with Gasteiger partial charge >= 0.3 is 6.18 Å². The Balaban J connectivity index is 1.79. The molecule has 3 aromatic rings. The van der Waals surface area contributed by atoms with Gasteiger partial charge in [-0.2, -0.15) is 13.2 Å². The van der Waals surface area contributed by atoms with Crippen LogP contribution >= 0.6 is 0 Å². The number of fused-ring (bicyclic) bond motifs is 1. The number of nitrogens with zero attached hydrogens (tertiary/aromatic N) is 2. The molecule has 0 aliphatic heterocycles. The molecular formula is C25H30F3N3O. The minimum atomic E-state index is -4.38. The number of ether oxygens (including phenoxy) is 1. The Morgan fingerprint density at radius 2 is 1.69 bits per heavy atom. The van der Waals surface area contributed by atoms with Gasteiger partial charge in [-0.3, -0.25) is 0 Å². The van der Waals surface area contributed by atoms with Crippen molar-refractivity contribution in [2.45, 2.75) is 59.2 Å². The van der Waals surface area contributed by atoms with Gasteiger partial charge in [0.1, 0.15) is 5.75 Å². The number of benzene rings is 2. The van der Waals surface area contributed by atoms with Crippen LogP contribution in [0.3, 0.4) is 0 Å². The fraction of sp³-hybridized carbons (Fsp3) is 0.480. The summed E-state index contributed by atoms with van der Waals surface area (Å²) in [5.74, 6) is 0.884. The SMILES string of the molecule is CC1(C)CC(n2c(Nc3ccccc3)nc3ccc(OCC(F)(F)F)cc32)CC(C)(C)C1. The van der Waals surface area contributed by atoms with Crippen LogP contribution in [0, 0.1) is 10.8 Å². The summed E-state index contributed by atoms with van der Waals surface area (Å²) in [4.78, 5) is 4.80. The van der Waals surface area contributed by atoms with Gasteiger partial charge in [0, 0.05) is 17.8 Å². The largest absolute Gasteiger partial charge is 0.484 e. The van der Waals surface area contributed by atoms with Crippen LogP contribution in [0.15, 0.2) is 48.5 Å². The number of hydrogen-bond acceptors (Lipinski definition) is 3. The number of halogens is 3. The van der Waals surface area contributed by atoms with Crippen molar-refractivity contribution in [2.75, 3.05) is 11.9 Å². The molecule has 1 fully saturated rings. The average Bonchev–Trinajstić information content (AvgIpc) is 3.01. The van der Waals surface area contributed by atoms with Crippen molar-refractivity contribution in [3.05, 3.63) is 48.5 Å². The van der Waals surface area contributed by atoms with Gasteiger partial charge < -0.3 is 14.6 Å². The maximum absolute atomic E-state index is 12.7. The molecule has 0 atom stereocenters. The van der Waals surface area contributed by atoms with Crippen molar-refractivity contribution in [2.24, 2.45) is 10.8 Å². The first kappa shape index (κ1) is 22.5. The van der Waals surface area contributed by atoms with Crippen molar-refractivity contribution in [3.63, 3.8) is 0 Å². The summed E-state index contributed by atoms with van der Waals surface area (Å²) in [6, 6.07) is 14.9. The van der Waals surface area contributed by atoms with E-state index in [2.05, 4.69) is 37.6 Å². The van der Waals surface area contributed by atoms with Crippen LogP contribution in [0.1, 0.15) is 53.0 Å². The molecule has 2 aromatic carbocycles. The van der Waals surface area contributed by atoms with Gasteiger partial charge in [0.05, 0.1) is 11.0 Å². The number of rotatable bonds is 5. The molecule has 1 aromatic heterocycles. The van der Waals surface area contributed by atoms with E-state index in [1.807, 2.05) is 30.3 Å². The van der Waals surface area contributed by atoms with Gasteiger partial charge in [-0.25, -0.2) is 4.98 Å². The second kappa shape index (κ2) is 8.01. The summed E-state index contributed by atoms with van der Waals surface area (Å²) < 4.78 is 45.3. The fourth-order valence-electron chi connectivity index (χ4n) is 5.41. The Labute approximate surface area is 186 Å². The Kier molecular flexibility index (Phi) is 5.63. The first-order chi connectivity index (χ1) is 14.9. The Bertz CT molecular complexity index is 1070. The van der Waals surface area contributed by atoms with E-state index in [9.17, 15) is 13.2 Å². The van der Waals surface area contributed by atoms with Crippen LogP contribution in [-0.2, 0) is 0 Å². The number of hydrogen-bond donors (Lipinski definition) is 1. The molecular weight excluding hydrogens is 415 g/mol. The Morgan fingerprint density at radius 1 is 1.03 bits per heavy atom. The number of para-hydroxylation sites is 1. The molecule has 0 amide bonds. The number of anilines is 2. The molecule has 1 N–H and O–H groups in total. The monoisotopic (exact) mass is 445 g/mol. The predicted octanol–water partition coefficient (Wildman–Crippen LogP) is 7.50. The number of nitrogens with one attached hydrogen (secondary N) is 1. The van der Waals surface area contributed by atoms with Crippen LogP contribution in [0.4, 0.5) is 24.8 Å². The average molecular weight is 446 g/mol. The Morgan fingerprint density at radius 3 is 2.31 bits per heavy atom. The fourth-order valence-corrected chi connectivity index (χ4v) is 5.41. The Hall–Kier alpha value is -2.70. The molecule has 1 saturated carbocycles. The van der Waals surface area contributed by atoms with Gasteiger partial charge in [-0.05, 0) is 54.4 Å². The van der Waals surface area contributed by atoms with E-state index in [0.717, 1.165) is 36.0 Å². The molecule has 1 aliphatic rings. The summed E-state index contributed by atoms with van der Waals surface area (Å²) in [5, 5.41) is 3.42.